The number of rotatable bonds is 8. The van der Waals surface area contributed by atoms with Gasteiger partial charge < -0.3 is 10.5 Å². The van der Waals surface area contributed by atoms with Gasteiger partial charge >= 0.3 is 0 Å². The van der Waals surface area contributed by atoms with Gasteiger partial charge in [0.2, 0.25) is 10.0 Å². The molecule has 0 radical (unpaired) electrons. The molecule has 21 heavy (non-hydrogen) atoms. The summed E-state index contributed by atoms with van der Waals surface area (Å²) < 4.78 is 33.0. The highest BCUT2D eigenvalue weighted by molar-refractivity contribution is 8.00. The number of sulfonamides is 1. The quantitative estimate of drug-likeness (QED) is 0.752. The lowest BCUT2D eigenvalue weighted by Crippen LogP contribution is -2.32. The lowest BCUT2D eigenvalue weighted by atomic mass is 10.1. The number of ether oxygens (including phenoxy) is 1. The average molecular weight is 330 g/mol. The van der Waals surface area contributed by atoms with Crippen LogP contribution in [-0.2, 0) is 16.4 Å². The number of benzene rings is 1. The molecule has 5 nitrogen and oxygen atoms in total. The normalized spacial score (nSPS) is 16.7. The summed E-state index contributed by atoms with van der Waals surface area (Å²) in [6.07, 6.45) is 4.65. The Bertz CT molecular complexity index is 598. The van der Waals surface area contributed by atoms with Crippen LogP contribution < -0.4 is 15.2 Å². The van der Waals surface area contributed by atoms with Gasteiger partial charge in [0.1, 0.15) is 5.75 Å². The number of hydrogen-bond acceptors (Lipinski definition) is 5. The maximum absolute atomic E-state index is 12.5. The van der Waals surface area contributed by atoms with Gasteiger partial charge in [0.05, 0.1) is 12.0 Å². The van der Waals surface area contributed by atoms with E-state index in [1.807, 2.05) is 6.26 Å². The van der Waals surface area contributed by atoms with Crippen molar-refractivity contribution >= 4 is 21.8 Å². The van der Waals surface area contributed by atoms with Crippen LogP contribution in [0, 0.1) is 0 Å². The SMILES string of the molecule is COc1ccc(S(=O)(=O)NCC2(SC)CC2)c(CCN)c1. The van der Waals surface area contributed by atoms with Crippen molar-refractivity contribution in [2.24, 2.45) is 5.73 Å². The molecule has 0 amide bonds. The van der Waals surface area contributed by atoms with Gasteiger partial charge in [-0.1, -0.05) is 0 Å². The molecule has 1 aromatic rings. The number of thioether (sulfide) groups is 1. The zero-order valence-corrected chi connectivity index (χ0v) is 14.0. The van der Waals surface area contributed by atoms with E-state index in [0.717, 1.165) is 12.8 Å². The molecule has 0 aromatic heterocycles. The van der Waals surface area contributed by atoms with E-state index in [-0.39, 0.29) is 4.75 Å². The maximum Gasteiger partial charge on any atom is 0.240 e. The summed E-state index contributed by atoms with van der Waals surface area (Å²) in [6.45, 7) is 0.870. The third-order valence-corrected chi connectivity index (χ3v) is 6.72. The molecule has 0 bridgehead atoms. The van der Waals surface area contributed by atoms with E-state index in [2.05, 4.69) is 4.72 Å². The smallest absolute Gasteiger partial charge is 0.240 e. The predicted molar refractivity (Wildman–Crippen MR) is 86.4 cm³/mol. The first-order valence-electron chi connectivity index (χ1n) is 6.88. The Morgan fingerprint density at radius 1 is 1.43 bits per heavy atom. The Balaban J connectivity index is 2.22. The van der Waals surface area contributed by atoms with Crippen molar-refractivity contribution in [3.05, 3.63) is 23.8 Å². The molecular weight excluding hydrogens is 308 g/mol. The van der Waals surface area contributed by atoms with Gasteiger partial charge in [-0.15, -0.1) is 0 Å². The fourth-order valence-corrected chi connectivity index (χ4v) is 4.39. The van der Waals surface area contributed by atoms with Gasteiger partial charge in [0.15, 0.2) is 0 Å². The summed E-state index contributed by atoms with van der Waals surface area (Å²) in [5.74, 6) is 0.639. The van der Waals surface area contributed by atoms with Gasteiger partial charge in [-0.2, -0.15) is 11.8 Å². The Kier molecular flexibility index (Phi) is 5.19. The molecular formula is C14H22N2O3S2. The topological polar surface area (TPSA) is 81.4 Å². The van der Waals surface area contributed by atoms with Crippen LogP contribution in [0.3, 0.4) is 0 Å². The number of methoxy groups -OCH3 is 1. The second kappa shape index (κ2) is 6.56. The first-order valence-corrected chi connectivity index (χ1v) is 9.59. The second-order valence-electron chi connectivity index (χ2n) is 5.22. The van der Waals surface area contributed by atoms with Crippen LogP contribution in [0.4, 0.5) is 0 Å². The van der Waals surface area contributed by atoms with E-state index in [0.29, 0.717) is 35.7 Å². The minimum absolute atomic E-state index is 0.0908. The van der Waals surface area contributed by atoms with Crippen LogP contribution in [0.5, 0.6) is 5.75 Å². The van der Waals surface area contributed by atoms with Gasteiger partial charge in [0.25, 0.3) is 0 Å². The minimum atomic E-state index is -3.52. The molecule has 0 heterocycles. The number of nitrogens with two attached hydrogens (primary N) is 1. The number of hydrogen-bond donors (Lipinski definition) is 2. The molecule has 0 saturated heterocycles. The van der Waals surface area contributed by atoms with Crippen molar-refractivity contribution in [2.45, 2.75) is 28.9 Å². The molecule has 0 unspecified atom stereocenters. The van der Waals surface area contributed by atoms with Gasteiger partial charge in [-0.25, -0.2) is 13.1 Å². The second-order valence-corrected chi connectivity index (χ2v) is 8.23. The predicted octanol–water partition coefficient (Wildman–Crippen LogP) is 1.37. The Hall–Kier alpha value is -0.760. The molecule has 0 aliphatic heterocycles. The standard InChI is InChI=1S/C14H22N2O3S2/c1-19-12-3-4-13(11(9-12)5-8-15)21(17,18)16-10-14(20-2)6-7-14/h3-4,9,16H,5-8,10,15H2,1-2H3. The van der Waals surface area contributed by atoms with Crippen molar-refractivity contribution < 1.29 is 13.2 Å². The Labute approximate surface area is 130 Å². The summed E-state index contributed by atoms with van der Waals surface area (Å²) >= 11 is 1.73. The Morgan fingerprint density at radius 2 is 2.14 bits per heavy atom. The first kappa shape index (κ1) is 16.6. The number of nitrogens with one attached hydrogen (secondary N) is 1. The molecule has 3 N–H and O–H groups in total. The molecule has 1 saturated carbocycles. The summed E-state index contributed by atoms with van der Waals surface area (Å²) in [4.78, 5) is 0.297. The van der Waals surface area contributed by atoms with Crippen molar-refractivity contribution in [1.29, 1.82) is 0 Å². The van der Waals surface area contributed by atoms with E-state index >= 15 is 0 Å². The molecule has 0 atom stereocenters. The highest BCUT2D eigenvalue weighted by atomic mass is 32.2. The largest absolute Gasteiger partial charge is 0.497 e. The zero-order valence-electron chi connectivity index (χ0n) is 12.4. The minimum Gasteiger partial charge on any atom is -0.497 e. The van der Waals surface area contributed by atoms with Gasteiger partial charge in [-0.05, 0) is 55.8 Å². The lowest BCUT2D eigenvalue weighted by molar-refractivity contribution is 0.413. The molecule has 1 aromatic carbocycles. The molecule has 2 rings (SSSR count). The average Bonchev–Trinajstić information content (AvgIpc) is 3.26. The third kappa shape index (κ3) is 3.91. The first-order chi connectivity index (χ1) is 9.96. The van der Waals surface area contributed by atoms with Gasteiger partial charge in [0, 0.05) is 11.3 Å². The van der Waals surface area contributed by atoms with Crippen molar-refractivity contribution in [2.75, 3.05) is 26.5 Å². The summed E-state index contributed by atoms with van der Waals surface area (Å²) in [6, 6.07) is 4.99. The van der Waals surface area contributed by atoms with E-state index in [1.54, 1.807) is 37.1 Å². The monoisotopic (exact) mass is 330 g/mol. The summed E-state index contributed by atoms with van der Waals surface area (Å²) in [5, 5.41) is 0. The van der Waals surface area contributed by atoms with Crippen molar-refractivity contribution in [3.63, 3.8) is 0 Å². The van der Waals surface area contributed by atoms with Crippen LogP contribution in [0.25, 0.3) is 0 Å². The van der Waals surface area contributed by atoms with Crippen LogP contribution in [0.1, 0.15) is 18.4 Å². The molecule has 0 spiro atoms. The van der Waals surface area contributed by atoms with Crippen LogP contribution in [0.2, 0.25) is 0 Å². The van der Waals surface area contributed by atoms with Crippen LogP contribution in [0.15, 0.2) is 23.1 Å². The lowest BCUT2D eigenvalue weighted by Gasteiger charge is -2.16. The van der Waals surface area contributed by atoms with Crippen molar-refractivity contribution in [1.82, 2.24) is 4.72 Å². The fraction of sp³-hybridized carbons (Fsp3) is 0.571. The fourth-order valence-electron chi connectivity index (χ4n) is 2.19. The summed E-state index contributed by atoms with van der Waals surface area (Å²) in [7, 11) is -1.96. The van der Waals surface area contributed by atoms with Crippen LogP contribution in [-0.4, -0.2) is 39.6 Å². The molecule has 7 heteroatoms. The van der Waals surface area contributed by atoms with E-state index in [9.17, 15) is 8.42 Å². The van der Waals surface area contributed by atoms with Gasteiger partial charge in [-0.3, -0.25) is 0 Å². The van der Waals surface area contributed by atoms with Crippen LogP contribution >= 0.6 is 11.8 Å². The summed E-state index contributed by atoms with van der Waals surface area (Å²) in [5.41, 5.74) is 6.27. The Morgan fingerprint density at radius 3 is 2.67 bits per heavy atom. The van der Waals surface area contributed by atoms with E-state index in [1.165, 1.54) is 0 Å². The highest BCUT2D eigenvalue weighted by Gasteiger charge is 2.42. The highest BCUT2D eigenvalue weighted by Crippen LogP contribution is 2.46. The van der Waals surface area contributed by atoms with Crippen molar-refractivity contribution in [3.8, 4) is 5.75 Å². The maximum atomic E-state index is 12.5. The third-order valence-electron chi connectivity index (χ3n) is 3.80. The molecule has 1 aliphatic carbocycles. The van der Waals surface area contributed by atoms with E-state index in [4.69, 9.17) is 10.5 Å². The molecule has 118 valence electrons. The molecule has 1 fully saturated rings. The zero-order chi connectivity index (χ0) is 15.5. The molecule has 1 aliphatic rings. The van der Waals surface area contributed by atoms with E-state index < -0.39 is 10.0 Å².